The fourth-order valence-corrected chi connectivity index (χ4v) is 9.07. The third kappa shape index (κ3) is 30.9. The van der Waals surface area contributed by atoms with E-state index in [1.807, 2.05) is 0 Å². The molecule has 85 heavy (non-hydrogen) atoms. The molecule has 0 rings (SSSR count). The molecular formula is C52H94N16O16S. The number of nitrogens with two attached hydrogens (primary N) is 6. The Kier molecular flexibility index (Phi) is 38.2. The molecule has 0 heterocycles. The summed E-state index contributed by atoms with van der Waals surface area (Å²) >= 11 is 4.06. The van der Waals surface area contributed by atoms with Crippen LogP contribution >= 0.6 is 12.6 Å². The lowest BCUT2D eigenvalue weighted by Crippen LogP contribution is -2.56. The predicted octanol–water partition coefficient (Wildman–Crippen LogP) is -5.85. The largest absolute Gasteiger partial charge is 0.465 e. The molecule has 0 aliphatic carbocycles. The SMILES string of the molecule is CCC(C)C(=O)N(CCNC(=O)[C@@H](N)CCC(N)=O)[C@@H](CCC(N)=O)C(=O)NCCN(CCC(N)=O)[C@@H](C)C(=O)NCCN(CCC(N)=O)[C@@H](CCC(N)=O)C(=O)NCCN(C(=O)CC(C)C)[C@@H](CO)C(=O)NCCN(C(=O)O)[C@@H](CS)C(C)=O. The molecule has 0 fully saturated rings. The van der Waals surface area contributed by atoms with Crippen LogP contribution in [0.25, 0.3) is 0 Å². The van der Waals surface area contributed by atoms with Crippen LogP contribution in [0.15, 0.2) is 0 Å². The first-order chi connectivity index (χ1) is 39.8. The van der Waals surface area contributed by atoms with Gasteiger partial charge in [0.05, 0.1) is 24.7 Å². The van der Waals surface area contributed by atoms with E-state index in [1.165, 1.54) is 28.5 Å². The quantitative estimate of drug-likeness (QED) is 0.0252. The van der Waals surface area contributed by atoms with Crippen LogP contribution in [0.2, 0.25) is 0 Å². The number of primary amides is 5. The van der Waals surface area contributed by atoms with E-state index >= 15 is 0 Å². The second-order valence-electron chi connectivity index (χ2n) is 20.8. The standard InChI is InChI=1S/C52H94N16O16S/c1-7-32(4)51(82)67(26-19-60-47(78)35(53)8-11-40(54)71)37(10-13-42(56)73)49(80)61-16-23-64(21-14-43(57)74)33(5)46(77)59-17-24-65(22-15-44(58)75)36(9-12-41(55)72)48(79)62-18-25-66(45(76)28-31(2)3)38(29-69)50(81)63-20-27-68(52(83)84)39(30-85)34(6)70/h31-33,35-39,69,85H,7-30,53H2,1-6H3,(H2,54,71)(H2,55,72)(H2,56,73)(H2,57,74)(H2,58,75)(H,59,77)(H,60,78)(H,61,80)(H,62,79)(H,63,81)(H,83,84)/t32?,33-,35-,36-,37-,38-,39-/m0/s1. The van der Waals surface area contributed by atoms with Gasteiger partial charge in [0, 0.05) is 129 Å². The number of hydrogen-bond donors (Lipinski definition) is 14. The van der Waals surface area contributed by atoms with Crippen molar-refractivity contribution in [2.24, 2.45) is 46.2 Å². The molecule has 0 aliphatic heterocycles. The van der Waals surface area contributed by atoms with Crippen LogP contribution < -0.4 is 61.0 Å². The molecule has 33 heteroatoms. The maximum atomic E-state index is 14.1. The first kappa shape index (κ1) is 77.8. The van der Waals surface area contributed by atoms with Gasteiger partial charge >= 0.3 is 6.09 Å². The van der Waals surface area contributed by atoms with Gasteiger partial charge in [0.1, 0.15) is 18.1 Å². The first-order valence-corrected chi connectivity index (χ1v) is 28.8. The minimum atomic E-state index is -1.51. The summed E-state index contributed by atoms with van der Waals surface area (Å²) in [5.74, 6) is -9.63. The highest BCUT2D eigenvalue weighted by Crippen LogP contribution is 2.16. The second-order valence-corrected chi connectivity index (χ2v) is 21.2. The number of thiol groups is 1. The number of amides is 13. The third-order valence-electron chi connectivity index (χ3n) is 13.7. The van der Waals surface area contributed by atoms with Crippen LogP contribution in [0.5, 0.6) is 0 Å². The number of carbonyl (C=O) groups excluding carboxylic acids is 13. The molecule has 484 valence electrons. The lowest BCUT2D eigenvalue weighted by molar-refractivity contribution is -0.144. The van der Waals surface area contributed by atoms with E-state index in [9.17, 15) is 77.3 Å². The molecule has 0 saturated heterocycles. The number of aliphatic hydroxyl groups excluding tert-OH is 1. The van der Waals surface area contributed by atoms with Gasteiger partial charge in [-0.3, -0.25) is 77.0 Å². The van der Waals surface area contributed by atoms with Crippen LogP contribution in [-0.4, -0.2) is 245 Å². The van der Waals surface area contributed by atoms with Crippen molar-refractivity contribution in [3.63, 3.8) is 0 Å². The second kappa shape index (κ2) is 41.7. The van der Waals surface area contributed by atoms with Crippen molar-refractivity contribution in [3.05, 3.63) is 0 Å². The zero-order valence-corrected chi connectivity index (χ0v) is 50.7. The molecule has 19 N–H and O–H groups in total. The third-order valence-corrected chi connectivity index (χ3v) is 14.0. The lowest BCUT2D eigenvalue weighted by atomic mass is 10.0. The summed E-state index contributed by atoms with van der Waals surface area (Å²) in [7, 11) is 0. The molecular weight excluding hydrogens is 1140 g/mol. The summed E-state index contributed by atoms with van der Waals surface area (Å²) in [5.41, 5.74) is 33.0. The van der Waals surface area contributed by atoms with Gasteiger partial charge in [0.25, 0.3) is 0 Å². The van der Waals surface area contributed by atoms with E-state index in [2.05, 4.69) is 39.2 Å². The maximum Gasteiger partial charge on any atom is 0.408 e. The summed E-state index contributed by atoms with van der Waals surface area (Å²) in [4.78, 5) is 185. The van der Waals surface area contributed by atoms with Crippen molar-refractivity contribution >= 4 is 95.4 Å². The van der Waals surface area contributed by atoms with Crippen molar-refractivity contribution < 1.29 is 77.3 Å². The highest BCUT2D eigenvalue weighted by atomic mass is 32.1. The Hall–Kier alpha value is -7.23. The first-order valence-electron chi connectivity index (χ1n) is 28.2. The van der Waals surface area contributed by atoms with Crippen LogP contribution in [0, 0.1) is 11.8 Å². The minimum absolute atomic E-state index is 0.0319. The zero-order valence-electron chi connectivity index (χ0n) is 49.8. The fourth-order valence-electron chi connectivity index (χ4n) is 8.62. The van der Waals surface area contributed by atoms with E-state index in [-0.39, 0.29) is 148 Å². The molecule has 0 radical (unpaired) electrons. The topological polar surface area (TPSA) is 512 Å². The van der Waals surface area contributed by atoms with E-state index in [0.29, 0.717) is 6.42 Å². The Bertz CT molecular complexity index is 2270. The van der Waals surface area contributed by atoms with Gasteiger partial charge in [-0.2, -0.15) is 12.6 Å². The molecule has 13 amide bonds. The number of Topliss-reactive ketones (excluding diaryl/α,β-unsaturated/α-hetero) is 1. The summed E-state index contributed by atoms with van der Waals surface area (Å²) in [5, 5.41) is 33.3. The Morgan fingerprint density at radius 3 is 1.33 bits per heavy atom. The van der Waals surface area contributed by atoms with Gasteiger partial charge in [-0.05, 0) is 45.4 Å². The monoisotopic (exact) mass is 1230 g/mol. The summed E-state index contributed by atoms with van der Waals surface area (Å²) in [6, 6.07) is -7.19. The van der Waals surface area contributed by atoms with Crippen molar-refractivity contribution in [2.75, 3.05) is 90.9 Å². The van der Waals surface area contributed by atoms with Crippen molar-refractivity contribution in [1.29, 1.82) is 0 Å². The maximum absolute atomic E-state index is 14.1. The van der Waals surface area contributed by atoms with Crippen molar-refractivity contribution in [3.8, 4) is 0 Å². The lowest BCUT2D eigenvalue weighted by Gasteiger charge is -2.34. The molecule has 0 aromatic heterocycles. The normalized spacial score (nSPS) is 13.6. The average molecular weight is 1230 g/mol. The zero-order chi connectivity index (χ0) is 65.1. The molecule has 0 saturated carbocycles. The Balaban J connectivity index is 6.51. The van der Waals surface area contributed by atoms with E-state index in [0.717, 1.165) is 9.80 Å². The van der Waals surface area contributed by atoms with Gasteiger partial charge in [-0.15, -0.1) is 0 Å². The Morgan fingerprint density at radius 2 is 0.882 bits per heavy atom. The summed E-state index contributed by atoms with van der Waals surface area (Å²) in [6.07, 6.45) is -2.84. The molecule has 0 spiro atoms. The molecule has 0 aliphatic rings. The number of nitrogens with one attached hydrogen (secondary N) is 5. The highest BCUT2D eigenvalue weighted by Gasteiger charge is 2.35. The van der Waals surface area contributed by atoms with Crippen LogP contribution in [0.3, 0.4) is 0 Å². The Morgan fingerprint density at radius 1 is 0.482 bits per heavy atom. The van der Waals surface area contributed by atoms with Crippen LogP contribution in [0.1, 0.15) is 106 Å². The molecule has 1 unspecified atom stereocenters. The van der Waals surface area contributed by atoms with Crippen LogP contribution in [-0.2, 0) is 62.3 Å². The molecule has 0 aromatic carbocycles. The van der Waals surface area contributed by atoms with E-state index in [4.69, 9.17) is 34.4 Å². The fraction of sp³-hybridized carbons (Fsp3) is 0.731. The van der Waals surface area contributed by atoms with Crippen molar-refractivity contribution in [2.45, 2.75) is 142 Å². The molecule has 32 nitrogen and oxygen atoms in total. The molecule has 0 bridgehead atoms. The van der Waals surface area contributed by atoms with Crippen molar-refractivity contribution in [1.82, 2.24) is 51.1 Å². The number of hydrogen-bond acceptors (Lipinski definition) is 19. The van der Waals surface area contributed by atoms with Crippen LogP contribution in [0.4, 0.5) is 4.79 Å². The number of aliphatic hydroxyl groups is 1. The number of carboxylic acid groups (broad SMARTS) is 1. The molecule has 0 aromatic rings. The van der Waals surface area contributed by atoms with Gasteiger partial charge in [0.15, 0.2) is 5.78 Å². The smallest absolute Gasteiger partial charge is 0.408 e. The Labute approximate surface area is 501 Å². The predicted molar refractivity (Wildman–Crippen MR) is 312 cm³/mol. The van der Waals surface area contributed by atoms with Gasteiger partial charge in [-0.25, -0.2) is 4.79 Å². The summed E-state index contributed by atoms with van der Waals surface area (Å²) in [6.45, 7) is 6.30. The highest BCUT2D eigenvalue weighted by molar-refractivity contribution is 7.80. The van der Waals surface area contributed by atoms with E-state index < -0.39 is 132 Å². The number of ketones is 1. The van der Waals surface area contributed by atoms with Gasteiger partial charge in [-0.1, -0.05) is 27.7 Å². The number of rotatable bonds is 47. The number of nitrogens with zero attached hydrogens (tertiary/aromatic N) is 5. The van der Waals surface area contributed by atoms with Gasteiger partial charge in [0.2, 0.25) is 70.9 Å². The molecule has 7 atom stereocenters. The summed E-state index contributed by atoms with van der Waals surface area (Å²) < 4.78 is 0. The number of carbonyl (C=O) groups is 14. The minimum Gasteiger partial charge on any atom is -0.465 e. The average Bonchev–Trinajstić information content (AvgIpc) is 3.59. The van der Waals surface area contributed by atoms with E-state index in [1.54, 1.807) is 27.7 Å². The van der Waals surface area contributed by atoms with Gasteiger partial charge < -0.3 is 81.0 Å².